The van der Waals surface area contributed by atoms with E-state index in [1.807, 2.05) is 32.9 Å². The molecule has 0 saturated carbocycles. The van der Waals surface area contributed by atoms with Crippen LogP contribution in [0.25, 0.3) is 0 Å². The summed E-state index contributed by atoms with van der Waals surface area (Å²) < 4.78 is 33.0. The van der Waals surface area contributed by atoms with Crippen LogP contribution in [0.1, 0.15) is 37.4 Å². The summed E-state index contributed by atoms with van der Waals surface area (Å²) in [6, 6.07) is 10.9. The van der Waals surface area contributed by atoms with E-state index < -0.39 is 16.1 Å². The van der Waals surface area contributed by atoms with E-state index in [2.05, 4.69) is 16.2 Å². The number of carbonyl (C=O) groups is 1. The van der Waals surface area contributed by atoms with Crippen LogP contribution in [0, 0.1) is 6.92 Å². The quantitative estimate of drug-likeness (QED) is 0.523. The monoisotopic (exact) mass is 474 g/mol. The Bertz CT molecular complexity index is 1110. The van der Waals surface area contributed by atoms with E-state index in [0.29, 0.717) is 25.2 Å². The summed E-state index contributed by atoms with van der Waals surface area (Å²) in [5.74, 6) is -0.0563. The van der Waals surface area contributed by atoms with Crippen LogP contribution in [0.15, 0.2) is 47.4 Å². The zero-order valence-electron chi connectivity index (χ0n) is 18.9. The lowest BCUT2D eigenvalue weighted by Crippen LogP contribution is -2.48. The number of sulfonamides is 1. The Kier molecular flexibility index (Phi) is 6.73. The molecule has 4 atom stereocenters. The number of rotatable bonds is 5. The van der Waals surface area contributed by atoms with Gasteiger partial charge in [0.15, 0.2) is 0 Å². The molecule has 1 amide bonds. The van der Waals surface area contributed by atoms with Gasteiger partial charge in [0.25, 0.3) is 0 Å². The highest BCUT2D eigenvalue weighted by molar-refractivity contribution is 7.89. The standard InChI is InChI=1S/C23H30N4O5S/c1-14-4-9-19(22(28)10-14)20-11-21(26-25-20)23(29)24-17-5-7-18(8-6-17)33(30,31)27-12-15(2)32-16(3)13-27/h4-10,15-16,20-21,25-26,28H,11-13H2,1-3H3,(H,24,29). The predicted octanol–water partition coefficient (Wildman–Crippen LogP) is 2.04. The molecule has 33 heavy (non-hydrogen) atoms. The maximum absolute atomic E-state index is 13.0. The van der Waals surface area contributed by atoms with Crippen molar-refractivity contribution in [3.8, 4) is 5.75 Å². The van der Waals surface area contributed by atoms with Crippen LogP contribution in [-0.2, 0) is 19.6 Å². The number of ether oxygens (including phenoxy) is 1. The number of hydrogen-bond acceptors (Lipinski definition) is 7. The zero-order valence-corrected chi connectivity index (χ0v) is 19.7. The van der Waals surface area contributed by atoms with Crippen molar-refractivity contribution in [3.05, 3.63) is 53.6 Å². The van der Waals surface area contributed by atoms with Crippen LogP contribution in [0.4, 0.5) is 5.69 Å². The predicted molar refractivity (Wildman–Crippen MR) is 124 cm³/mol. The van der Waals surface area contributed by atoms with Crippen molar-refractivity contribution in [1.82, 2.24) is 15.2 Å². The third-order valence-corrected chi connectivity index (χ3v) is 7.77. The SMILES string of the molecule is Cc1ccc(C2CC(C(=O)Nc3ccc(S(=O)(=O)N4CC(C)OC(C)C4)cc3)NN2)c(O)c1. The minimum atomic E-state index is -3.64. The third kappa shape index (κ3) is 5.20. The first-order chi connectivity index (χ1) is 15.6. The molecule has 4 N–H and O–H groups in total. The second-order valence-electron chi connectivity index (χ2n) is 8.78. The van der Waals surface area contributed by atoms with Crippen LogP contribution in [0.2, 0.25) is 0 Å². The number of hydrogen-bond donors (Lipinski definition) is 4. The first-order valence-electron chi connectivity index (χ1n) is 11.0. The fourth-order valence-electron chi connectivity index (χ4n) is 4.30. The van der Waals surface area contributed by atoms with Crippen LogP contribution in [-0.4, -0.2) is 55.1 Å². The highest BCUT2D eigenvalue weighted by Crippen LogP contribution is 2.30. The molecule has 2 fully saturated rings. The molecule has 178 valence electrons. The highest BCUT2D eigenvalue weighted by Gasteiger charge is 2.33. The van der Waals surface area contributed by atoms with Crippen LogP contribution in [0.5, 0.6) is 5.75 Å². The Morgan fingerprint density at radius 2 is 1.76 bits per heavy atom. The van der Waals surface area contributed by atoms with Gasteiger partial charge in [0.1, 0.15) is 11.8 Å². The number of morpholine rings is 1. The summed E-state index contributed by atoms with van der Waals surface area (Å²) in [6.07, 6.45) is 0.128. The summed E-state index contributed by atoms with van der Waals surface area (Å²) in [7, 11) is -3.64. The van der Waals surface area contributed by atoms with Crippen molar-refractivity contribution in [2.75, 3.05) is 18.4 Å². The number of aryl methyl sites for hydroxylation is 1. The van der Waals surface area contributed by atoms with Gasteiger partial charge in [-0.05, 0) is 63.1 Å². The molecule has 0 aliphatic carbocycles. The van der Waals surface area contributed by atoms with Crippen LogP contribution in [0.3, 0.4) is 0 Å². The van der Waals surface area contributed by atoms with Crippen LogP contribution < -0.4 is 16.2 Å². The average Bonchev–Trinajstić information content (AvgIpc) is 3.23. The summed E-state index contributed by atoms with van der Waals surface area (Å²) in [5.41, 5.74) is 8.21. The second-order valence-corrected chi connectivity index (χ2v) is 10.7. The molecule has 0 spiro atoms. The fourth-order valence-corrected chi connectivity index (χ4v) is 5.89. The van der Waals surface area contributed by atoms with Gasteiger partial charge in [-0.3, -0.25) is 4.79 Å². The number of carbonyl (C=O) groups excluding carboxylic acids is 1. The van der Waals surface area contributed by atoms with Gasteiger partial charge >= 0.3 is 0 Å². The summed E-state index contributed by atoms with van der Waals surface area (Å²) in [5, 5.41) is 13.0. The van der Waals surface area contributed by atoms with Crippen molar-refractivity contribution in [1.29, 1.82) is 0 Å². The Balaban J connectivity index is 1.38. The van der Waals surface area contributed by atoms with E-state index in [4.69, 9.17) is 4.74 Å². The molecule has 4 rings (SSSR count). The van der Waals surface area contributed by atoms with Crippen molar-refractivity contribution >= 4 is 21.6 Å². The zero-order chi connectivity index (χ0) is 23.8. The maximum atomic E-state index is 13.0. The number of nitrogens with zero attached hydrogens (tertiary/aromatic N) is 1. The number of amides is 1. The van der Waals surface area contributed by atoms with Gasteiger partial charge in [-0.15, -0.1) is 0 Å². The van der Waals surface area contributed by atoms with E-state index >= 15 is 0 Å². The van der Waals surface area contributed by atoms with Gasteiger partial charge in [0, 0.05) is 24.3 Å². The van der Waals surface area contributed by atoms with Crippen molar-refractivity contribution in [3.63, 3.8) is 0 Å². The van der Waals surface area contributed by atoms with Gasteiger partial charge in [-0.1, -0.05) is 12.1 Å². The van der Waals surface area contributed by atoms with E-state index in [1.54, 1.807) is 18.2 Å². The molecule has 10 heteroatoms. The molecule has 2 aromatic carbocycles. The lowest BCUT2D eigenvalue weighted by atomic mass is 9.99. The maximum Gasteiger partial charge on any atom is 0.243 e. The van der Waals surface area contributed by atoms with Gasteiger partial charge in [0.2, 0.25) is 15.9 Å². The molecule has 0 aromatic heterocycles. The largest absolute Gasteiger partial charge is 0.508 e. The topological polar surface area (TPSA) is 120 Å². The number of hydrazine groups is 1. The fraction of sp³-hybridized carbons (Fsp3) is 0.435. The number of benzene rings is 2. The Morgan fingerprint density at radius 1 is 1.09 bits per heavy atom. The minimum Gasteiger partial charge on any atom is -0.508 e. The molecular weight excluding hydrogens is 444 g/mol. The lowest BCUT2D eigenvalue weighted by molar-refractivity contribution is -0.117. The van der Waals surface area contributed by atoms with E-state index in [9.17, 15) is 18.3 Å². The first kappa shape index (κ1) is 23.7. The molecule has 0 radical (unpaired) electrons. The molecule has 9 nitrogen and oxygen atoms in total. The molecule has 2 aliphatic heterocycles. The van der Waals surface area contributed by atoms with Crippen molar-refractivity contribution < 1.29 is 23.1 Å². The Hall–Kier alpha value is -2.50. The first-order valence-corrected chi connectivity index (χ1v) is 12.4. The molecule has 4 unspecified atom stereocenters. The highest BCUT2D eigenvalue weighted by atomic mass is 32.2. The molecule has 2 aromatic rings. The number of aromatic hydroxyl groups is 1. The third-order valence-electron chi connectivity index (χ3n) is 5.93. The number of nitrogens with one attached hydrogen (secondary N) is 3. The van der Waals surface area contributed by atoms with E-state index in [1.165, 1.54) is 16.4 Å². The van der Waals surface area contributed by atoms with Crippen LogP contribution >= 0.6 is 0 Å². The van der Waals surface area contributed by atoms with Gasteiger partial charge in [-0.25, -0.2) is 19.3 Å². The lowest BCUT2D eigenvalue weighted by Gasteiger charge is -2.34. The second kappa shape index (κ2) is 9.40. The van der Waals surface area contributed by atoms with Gasteiger partial charge in [0.05, 0.1) is 23.1 Å². The average molecular weight is 475 g/mol. The molecule has 2 heterocycles. The number of phenolic OH excluding ortho intramolecular Hbond substituents is 1. The Labute approximate surface area is 194 Å². The smallest absolute Gasteiger partial charge is 0.243 e. The molecular formula is C23H30N4O5S. The molecule has 0 bridgehead atoms. The number of phenols is 1. The minimum absolute atomic E-state index is 0.166. The van der Waals surface area contributed by atoms with Crippen molar-refractivity contribution in [2.45, 2.75) is 56.4 Å². The van der Waals surface area contributed by atoms with Gasteiger partial charge in [-0.2, -0.15) is 4.31 Å². The van der Waals surface area contributed by atoms with E-state index in [-0.39, 0.29) is 34.8 Å². The normalized spacial score (nSPS) is 26.3. The molecule has 2 saturated heterocycles. The summed E-state index contributed by atoms with van der Waals surface area (Å²) in [6.45, 7) is 6.23. The Morgan fingerprint density at radius 3 is 2.39 bits per heavy atom. The summed E-state index contributed by atoms with van der Waals surface area (Å²) in [4.78, 5) is 12.9. The molecule has 2 aliphatic rings. The van der Waals surface area contributed by atoms with Crippen molar-refractivity contribution in [2.24, 2.45) is 0 Å². The number of anilines is 1. The van der Waals surface area contributed by atoms with Gasteiger partial charge < -0.3 is 15.2 Å². The van der Waals surface area contributed by atoms with E-state index in [0.717, 1.165) is 11.1 Å². The summed E-state index contributed by atoms with van der Waals surface area (Å²) >= 11 is 0.